The molecule has 0 unspecified atom stereocenters. The van der Waals surface area contributed by atoms with Gasteiger partial charge in [-0.1, -0.05) is 24.3 Å². The first-order valence-corrected chi connectivity index (χ1v) is 7.28. The van der Waals surface area contributed by atoms with Crippen LogP contribution in [-0.2, 0) is 9.59 Å². The van der Waals surface area contributed by atoms with Gasteiger partial charge in [-0.15, -0.1) is 0 Å². The van der Waals surface area contributed by atoms with Crippen LogP contribution in [0.1, 0.15) is 13.3 Å². The van der Waals surface area contributed by atoms with E-state index in [-0.39, 0.29) is 29.6 Å². The quantitative estimate of drug-likeness (QED) is 0.618. The molecule has 1 saturated carbocycles. The molecule has 21 heavy (non-hydrogen) atoms. The molecule has 2 aliphatic carbocycles. The van der Waals surface area contributed by atoms with Gasteiger partial charge in [0.1, 0.15) is 5.75 Å². The lowest BCUT2D eigenvalue weighted by molar-refractivity contribution is -0.127. The standard InChI is InChI=1S/C17H17NO3/c1-17-11-8-7-10(9-11)14(17)15(19)18(16(17)20)12-5-3-4-6-13(12)21-2/h3-8,10-11,14H,9H2,1-2H3/t10-,11-,14-,17+/m0/s1. The Balaban J connectivity index is 1.83. The first-order valence-electron chi connectivity index (χ1n) is 7.28. The number of nitrogens with zero attached hydrogens (tertiary/aromatic N) is 1. The summed E-state index contributed by atoms with van der Waals surface area (Å²) in [5, 5.41) is 0. The van der Waals surface area contributed by atoms with Crippen molar-refractivity contribution >= 4 is 17.5 Å². The average Bonchev–Trinajstić information content (AvgIpc) is 3.12. The van der Waals surface area contributed by atoms with E-state index in [1.54, 1.807) is 19.2 Å². The van der Waals surface area contributed by atoms with Crippen LogP contribution in [0.3, 0.4) is 0 Å². The van der Waals surface area contributed by atoms with Gasteiger partial charge in [-0.3, -0.25) is 9.59 Å². The largest absolute Gasteiger partial charge is 0.495 e. The summed E-state index contributed by atoms with van der Waals surface area (Å²) in [6, 6.07) is 7.20. The number of carbonyl (C=O) groups is 2. The molecule has 3 aliphatic rings. The van der Waals surface area contributed by atoms with Crippen molar-refractivity contribution in [2.45, 2.75) is 13.3 Å². The molecule has 1 aromatic rings. The van der Waals surface area contributed by atoms with Crippen molar-refractivity contribution in [3.63, 3.8) is 0 Å². The van der Waals surface area contributed by atoms with E-state index in [0.29, 0.717) is 11.4 Å². The number of benzene rings is 1. The van der Waals surface area contributed by atoms with Crippen LogP contribution < -0.4 is 9.64 Å². The highest BCUT2D eigenvalue weighted by atomic mass is 16.5. The SMILES string of the molecule is COc1ccccc1N1C(=O)[C@@H]2[C@H]3C=C[C@@H](C3)[C@@]2(C)C1=O. The highest BCUT2D eigenvalue weighted by molar-refractivity contribution is 6.25. The van der Waals surface area contributed by atoms with Gasteiger partial charge in [0.25, 0.3) is 0 Å². The van der Waals surface area contributed by atoms with E-state index in [4.69, 9.17) is 4.74 Å². The number of imide groups is 1. The zero-order valence-corrected chi connectivity index (χ0v) is 12.1. The fourth-order valence-corrected chi connectivity index (χ4v) is 4.35. The van der Waals surface area contributed by atoms with Crippen LogP contribution in [0.5, 0.6) is 5.75 Å². The van der Waals surface area contributed by atoms with E-state index < -0.39 is 5.41 Å². The number of allylic oxidation sites excluding steroid dienone is 2. The number of methoxy groups -OCH3 is 1. The van der Waals surface area contributed by atoms with Crippen molar-refractivity contribution in [3.05, 3.63) is 36.4 Å². The minimum absolute atomic E-state index is 0.0798. The summed E-state index contributed by atoms with van der Waals surface area (Å²) in [5.74, 6) is 0.565. The monoisotopic (exact) mass is 283 g/mol. The molecule has 4 atom stereocenters. The molecule has 4 rings (SSSR count). The molecule has 1 saturated heterocycles. The van der Waals surface area contributed by atoms with Gasteiger partial charge in [0.2, 0.25) is 11.8 Å². The third kappa shape index (κ3) is 1.35. The lowest BCUT2D eigenvalue weighted by atomic mass is 9.71. The van der Waals surface area contributed by atoms with Gasteiger partial charge >= 0.3 is 0 Å². The Bertz CT molecular complexity index is 680. The first-order chi connectivity index (χ1) is 10.1. The van der Waals surface area contributed by atoms with Crippen LogP contribution in [0.15, 0.2) is 36.4 Å². The Morgan fingerprint density at radius 1 is 1.24 bits per heavy atom. The predicted octanol–water partition coefficient (Wildman–Crippen LogP) is 2.40. The smallest absolute Gasteiger partial charge is 0.241 e. The number of hydrogen-bond acceptors (Lipinski definition) is 3. The van der Waals surface area contributed by atoms with E-state index in [9.17, 15) is 9.59 Å². The molecule has 1 heterocycles. The van der Waals surface area contributed by atoms with Gasteiger partial charge in [0.15, 0.2) is 0 Å². The zero-order valence-electron chi connectivity index (χ0n) is 12.1. The van der Waals surface area contributed by atoms with Crippen LogP contribution in [-0.4, -0.2) is 18.9 Å². The molecule has 2 amide bonds. The molecule has 2 fully saturated rings. The van der Waals surface area contributed by atoms with Crippen molar-refractivity contribution in [2.75, 3.05) is 12.0 Å². The molecule has 0 aromatic heterocycles. The second-order valence-corrected chi connectivity index (χ2v) is 6.30. The predicted molar refractivity (Wildman–Crippen MR) is 77.8 cm³/mol. The van der Waals surface area contributed by atoms with Gasteiger partial charge in [0.05, 0.1) is 24.1 Å². The van der Waals surface area contributed by atoms with Crippen molar-refractivity contribution < 1.29 is 14.3 Å². The number of anilines is 1. The lowest BCUT2D eigenvalue weighted by Gasteiger charge is -2.28. The van der Waals surface area contributed by atoms with Crippen LogP contribution >= 0.6 is 0 Å². The third-order valence-electron chi connectivity index (χ3n) is 5.44. The number of fused-ring (bicyclic) bond motifs is 5. The second kappa shape index (κ2) is 3.97. The minimum Gasteiger partial charge on any atom is -0.495 e. The molecule has 0 radical (unpaired) electrons. The maximum absolute atomic E-state index is 13.0. The van der Waals surface area contributed by atoms with E-state index in [0.717, 1.165) is 6.42 Å². The molecule has 4 heteroatoms. The molecule has 0 spiro atoms. The molecule has 4 nitrogen and oxygen atoms in total. The second-order valence-electron chi connectivity index (χ2n) is 6.30. The van der Waals surface area contributed by atoms with Crippen molar-refractivity contribution in [1.29, 1.82) is 0 Å². The van der Waals surface area contributed by atoms with Crippen molar-refractivity contribution in [1.82, 2.24) is 0 Å². The number of para-hydroxylation sites is 2. The summed E-state index contributed by atoms with van der Waals surface area (Å²) in [7, 11) is 1.55. The third-order valence-corrected chi connectivity index (χ3v) is 5.44. The highest BCUT2D eigenvalue weighted by Gasteiger charge is 2.67. The van der Waals surface area contributed by atoms with Gasteiger partial charge in [-0.2, -0.15) is 0 Å². The number of rotatable bonds is 2. The number of ether oxygens (including phenoxy) is 1. The number of hydrogen-bond donors (Lipinski definition) is 0. The maximum atomic E-state index is 13.0. The Labute approximate surface area is 123 Å². The van der Waals surface area contributed by atoms with E-state index >= 15 is 0 Å². The fourth-order valence-electron chi connectivity index (χ4n) is 4.35. The molecule has 2 bridgehead atoms. The molecule has 0 N–H and O–H groups in total. The lowest BCUT2D eigenvalue weighted by Crippen LogP contribution is -2.37. The average molecular weight is 283 g/mol. The molecule has 108 valence electrons. The minimum atomic E-state index is -0.586. The van der Waals surface area contributed by atoms with Crippen molar-refractivity contribution in [2.24, 2.45) is 23.2 Å². The molecule has 1 aliphatic heterocycles. The molecular weight excluding hydrogens is 266 g/mol. The Morgan fingerprint density at radius 3 is 2.71 bits per heavy atom. The Kier molecular flexibility index (Phi) is 2.39. The topological polar surface area (TPSA) is 46.6 Å². The van der Waals surface area contributed by atoms with E-state index in [1.807, 2.05) is 19.1 Å². The van der Waals surface area contributed by atoms with E-state index in [1.165, 1.54) is 4.90 Å². The summed E-state index contributed by atoms with van der Waals surface area (Å²) < 4.78 is 5.32. The van der Waals surface area contributed by atoms with Crippen LogP contribution in [0.2, 0.25) is 0 Å². The summed E-state index contributed by atoms with van der Waals surface area (Å²) in [4.78, 5) is 27.2. The number of carbonyl (C=O) groups excluding carboxylic acids is 2. The highest BCUT2D eigenvalue weighted by Crippen LogP contribution is 2.61. The van der Waals surface area contributed by atoms with Gasteiger partial charge in [0, 0.05) is 0 Å². The van der Waals surface area contributed by atoms with E-state index in [2.05, 4.69) is 12.2 Å². The van der Waals surface area contributed by atoms with Gasteiger partial charge in [-0.25, -0.2) is 4.90 Å². The van der Waals surface area contributed by atoms with Gasteiger partial charge in [-0.05, 0) is 37.3 Å². The molecular formula is C17H17NO3. The zero-order chi connectivity index (χ0) is 14.8. The Hall–Kier alpha value is -2.10. The number of amides is 2. The summed E-state index contributed by atoms with van der Waals surface area (Å²) in [6.45, 7) is 1.95. The fraction of sp³-hybridized carbons (Fsp3) is 0.412. The van der Waals surface area contributed by atoms with Crippen LogP contribution in [0, 0.1) is 23.2 Å². The van der Waals surface area contributed by atoms with Crippen LogP contribution in [0.25, 0.3) is 0 Å². The summed E-state index contributed by atoms with van der Waals surface area (Å²) in [5.41, 5.74) is -0.0258. The maximum Gasteiger partial charge on any atom is 0.241 e. The Morgan fingerprint density at radius 2 is 2.00 bits per heavy atom. The van der Waals surface area contributed by atoms with Gasteiger partial charge < -0.3 is 4.74 Å². The van der Waals surface area contributed by atoms with Crippen LogP contribution in [0.4, 0.5) is 5.69 Å². The summed E-state index contributed by atoms with van der Waals surface area (Å²) in [6.07, 6.45) is 5.14. The molecule has 1 aromatic carbocycles. The first kappa shape index (κ1) is 12.6. The summed E-state index contributed by atoms with van der Waals surface area (Å²) >= 11 is 0. The van der Waals surface area contributed by atoms with Crippen molar-refractivity contribution in [3.8, 4) is 5.75 Å². The normalized spacial score (nSPS) is 36.5.